The number of hydrogen-bond donors (Lipinski definition) is 3. The summed E-state index contributed by atoms with van der Waals surface area (Å²) >= 11 is 0. The Morgan fingerprint density at radius 2 is 1.90 bits per heavy atom. The van der Waals surface area contributed by atoms with Crippen LogP contribution in [0.2, 0.25) is 0 Å². The summed E-state index contributed by atoms with van der Waals surface area (Å²) in [6.07, 6.45) is 3.03. The quantitative estimate of drug-likeness (QED) is 0.659. The van der Waals surface area contributed by atoms with Crippen LogP contribution in [0.1, 0.15) is 51.1 Å². The molecule has 0 bridgehead atoms. The van der Waals surface area contributed by atoms with Gasteiger partial charge < -0.3 is 10.6 Å². The number of imide groups is 1. The second kappa shape index (κ2) is 8.07. The van der Waals surface area contributed by atoms with Crippen LogP contribution in [0.5, 0.6) is 0 Å². The summed E-state index contributed by atoms with van der Waals surface area (Å²) in [5.41, 5.74) is 2.80. The average Bonchev–Trinajstić information content (AvgIpc) is 2.98. The second-order valence-corrected chi connectivity index (χ2v) is 8.67. The lowest BCUT2D eigenvalue weighted by Gasteiger charge is -2.33. The van der Waals surface area contributed by atoms with Gasteiger partial charge in [-0.15, -0.1) is 0 Å². The second-order valence-electron chi connectivity index (χ2n) is 8.67. The van der Waals surface area contributed by atoms with Crippen molar-refractivity contribution in [3.8, 4) is 0 Å². The van der Waals surface area contributed by atoms with E-state index in [9.17, 15) is 14.4 Å². The van der Waals surface area contributed by atoms with Gasteiger partial charge in [0.15, 0.2) is 6.54 Å². The van der Waals surface area contributed by atoms with Gasteiger partial charge in [0.25, 0.3) is 11.8 Å². The van der Waals surface area contributed by atoms with Gasteiger partial charge in [0.2, 0.25) is 0 Å². The summed E-state index contributed by atoms with van der Waals surface area (Å²) < 4.78 is 0. The maximum absolute atomic E-state index is 12.9. The van der Waals surface area contributed by atoms with Crippen molar-refractivity contribution < 1.29 is 19.7 Å². The van der Waals surface area contributed by atoms with E-state index in [1.807, 2.05) is 30.4 Å². The summed E-state index contributed by atoms with van der Waals surface area (Å²) in [6, 6.07) is 13.8. The number of carbonyl (C=O) groups excluding carboxylic acids is 3. The van der Waals surface area contributed by atoms with Crippen molar-refractivity contribution in [2.45, 2.75) is 51.1 Å². The van der Waals surface area contributed by atoms with Crippen molar-refractivity contribution in [2.24, 2.45) is 5.92 Å². The number of quaternary nitrogens is 1. The number of nitrogens with zero attached hydrogens (tertiary/aromatic N) is 1. The third-order valence-electron chi connectivity index (χ3n) is 6.50. The first-order valence-corrected chi connectivity index (χ1v) is 10.7. The van der Waals surface area contributed by atoms with Crippen LogP contribution in [0, 0.1) is 5.92 Å². The maximum atomic E-state index is 12.9. The Morgan fingerprint density at radius 3 is 2.67 bits per heavy atom. The summed E-state index contributed by atoms with van der Waals surface area (Å²) in [4.78, 5) is 37.7. The largest absolute Gasteiger partial charge is 0.344 e. The first-order chi connectivity index (χ1) is 14.4. The van der Waals surface area contributed by atoms with E-state index in [0.717, 1.165) is 34.2 Å². The number of hydrazine groups is 1. The molecule has 1 saturated heterocycles. The predicted octanol–water partition coefficient (Wildman–Crippen LogP) is 2.00. The Morgan fingerprint density at radius 1 is 1.20 bits per heavy atom. The minimum Gasteiger partial charge on any atom is -0.332 e. The number of rotatable bonds is 5. The van der Waals surface area contributed by atoms with Crippen LogP contribution in [0.3, 0.4) is 0 Å². The molecule has 158 valence electrons. The van der Waals surface area contributed by atoms with E-state index in [2.05, 4.69) is 41.9 Å². The predicted molar refractivity (Wildman–Crippen MR) is 113 cm³/mol. The van der Waals surface area contributed by atoms with Crippen LogP contribution >= 0.6 is 0 Å². The Balaban J connectivity index is 1.37. The average molecular weight is 410 g/mol. The normalized spacial score (nSPS) is 24.9. The molecule has 2 aliphatic rings. The van der Waals surface area contributed by atoms with Crippen LogP contribution in [0.25, 0.3) is 10.8 Å². The van der Waals surface area contributed by atoms with Gasteiger partial charge in [-0.3, -0.25) is 15.0 Å². The highest BCUT2D eigenvalue weighted by molar-refractivity contribution is 6.08. The van der Waals surface area contributed by atoms with Gasteiger partial charge in [-0.25, -0.2) is 4.79 Å². The van der Waals surface area contributed by atoms with E-state index in [1.165, 1.54) is 0 Å². The first-order valence-electron chi connectivity index (χ1n) is 10.7. The minimum absolute atomic E-state index is 0.0520. The lowest BCUT2D eigenvalue weighted by atomic mass is 9.77. The molecule has 1 aliphatic heterocycles. The molecule has 0 aromatic heterocycles. The molecule has 7 nitrogen and oxygen atoms in total. The van der Waals surface area contributed by atoms with Crippen LogP contribution in [0.4, 0.5) is 4.79 Å². The Labute approximate surface area is 176 Å². The van der Waals surface area contributed by atoms with Gasteiger partial charge >= 0.3 is 6.03 Å². The molecule has 1 heterocycles. The van der Waals surface area contributed by atoms with Crippen molar-refractivity contribution in [3.63, 3.8) is 0 Å². The molecule has 30 heavy (non-hydrogen) atoms. The number of hydrogen-bond acceptors (Lipinski definition) is 3. The fourth-order valence-electron chi connectivity index (χ4n) is 4.54. The molecule has 1 saturated carbocycles. The van der Waals surface area contributed by atoms with E-state index in [0.29, 0.717) is 18.8 Å². The fourth-order valence-corrected chi connectivity index (χ4v) is 4.54. The van der Waals surface area contributed by atoms with Crippen LogP contribution < -0.4 is 16.1 Å². The van der Waals surface area contributed by atoms with Crippen LogP contribution in [0.15, 0.2) is 42.5 Å². The van der Waals surface area contributed by atoms with Gasteiger partial charge in [-0.2, -0.15) is 5.01 Å². The molecular formula is C23H29N4O3+. The van der Waals surface area contributed by atoms with Crippen molar-refractivity contribution in [3.05, 3.63) is 48.0 Å². The molecule has 0 radical (unpaired) electrons. The lowest BCUT2D eigenvalue weighted by molar-refractivity contribution is -0.682. The third kappa shape index (κ3) is 3.77. The Kier molecular flexibility index (Phi) is 5.47. The standard InChI is InChI=1S/C23H28N4O3/c1-15-10-12-23(13-11-15)21(29)27(22(30)25-23)26-20(28)14-24-16(2)18-9-5-7-17-6-3-4-8-19(17)18/h3-9,15-16,24H,10-14H2,1-2H3,(H,25,30)(H,26,28)/p+1/t15?,16-,23?/m0/s1. The Hall–Kier alpha value is -2.93. The molecule has 4 N–H and O–H groups in total. The molecule has 2 fully saturated rings. The van der Waals surface area contributed by atoms with Crippen LogP contribution in [-0.2, 0) is 9.59 Å². The highest BCUT2D eigenvalue weighted by Crippen LogP contribution is 2.35. The number of nitrogens with one attached hydrogen (secondary N) is 2. The van der Waals surface area contributed by atoms with E-state index in [-0.39, 0.29) is 24.4 Å². The van der Waals surface area contributed by atoms with Gasteiger partial charge in [0.05, 0.1) is 0 Å². The zero-order valence-corrected chi connectivity index (χ0v) is 17.5. The lowest BCUT2D eigenvalue weighted by Crippen LogP contribution is -2.87. The van der Waals surface area contributed by atoms with E-state index < -0.39 is 11.6 Å². The summed E-state index contributed by atoms with van der Waals surface area (Å²) in [7, 11) is 0. The van der Waals surface area contributed by atoms with E-state index in [1.54, 1.807) is 0 Å². The zero-order chi connectivity index (χ0) is 21.3. The molecule has 1 spiro atoms. The summed E-state index contributed by atoms with van der Waals surface area (Å²) in [6.45, 7) is 4.31. The maximum Gasteiger partial charge on any atom is 0.344 e. The van der Waals surface area contributed by atoms with Crippen molar-refractivity contribution in [1.82, 2.24) is 15.8 Å². The summed E-state index contributed by atoms with van der Waals surface area (Å²) in [5.74, 6) is -0.157. The minimum atomic E-state index is -0.850. The molecule has 4 rings (SSSR count). The molecule has 0 unspecified atom stereocenters. The topological polar surface area (TPSA) is 95.1 Å². The van der Waals surface area contributed by atoms with Gasteiger partial charge in [-0.1, -0.05) is 49.4 Å². The van der Waals surface area contributed by atoms with Gasteiger partial charge in [0, 0.05) is 5.56 Å². The van der Waals surface area contributed by atoms with Crippen molar-refractivity contribution >= 4 is 28.6 Å². The SMILES string of the molecule is CC1CCC2(CC1)NC(=O)N(NC(=O)C[NH2+][C@@H](C)c1cccc3ccccc13)C2=O. The van der Waals surface area contributed by atoms with Crippen molar-refractivity contribution in [2.75, 3.05) is 6.54 Å². The molecule has 1 aliphatic carbocycles. The number of amides is 4. The fraction of sp³-hybridized carbons (Fsp3) is 0.435. The number of carbonyl (C=O) groups is 3. The van der Waals surface area contributed by atoms with Gasteiger partial charge in [0.1, 0.15) is 11.6 Å². The number of nitrogens with two attached hydrogens (primary N) is 1. The summed E-state index contributed by atoms with van der Waals surface area (Å²) in [5, 5.41) is 7.92. The monoisotopic (exact) mass is 409 g/mol. The number of urea groups is 1. The first kappa shape index (κ1) is 20.3. The van der Waals surface area contributed by atoms with Crippen LogP contribution in [-0.4, -0.2) is 34.9 Å². The molecule has 7 heteroatoms. The van der Waals surface area contributed by atoms with Crippen molar-refractivity contribution in [1.29, 1.82) is 0 Å². The molecule has 4 amide bonds. The Bertz CT molecular complexity index is 976. The molecule has 2 aromatic rings. The number of fused-ring (bicyclic) bond motifs is 1. The van der Waals surface area contributed by atoms with Gasteiger partial charge in [-0.05, 0) is 49.3 Å². The third-order valence-corrected chi connectivity index (χ3v) is 6.50. The highest BCUT2D eigenvalue weighted by Gasteiger charge is 2.52. The molecular weight excluding hydrogens is 380 g/mol. The molecule has 2 aromatic carbocycles. The van der Waals surface area contributed by atoms with E-state index >= 15 is 0 Å². The number of benzene rings is 2. The zero-order valence-electron chi connectivity index (χ0n) is 17.5. The highest BCUT2D eigenvalue weighted by atomic mass is 16.2. The molecule has 1 atom stereocenters. The smallest absolute Gasteiger partial charge is 0.332 e. The van der Waals surface area contributed by atoms with E-state index in [4.69, 9.17) is 0 Å².